The van der Waals surface area contributed by atoms with E-state index in [4.69, 9.17) is 21.1 Å². The predicted molar refractivity (Wildman–Crippen MR) is 83.2 cm³/mol. The second-order valence-corrected chi connectivity index (χ2v) is 7.16. The van der Waals surface area contributed by atoms with Crippen LogP contribution in [0.5, 0.6) is 0 Å². The number of amides is 1. The lowest BCUT2D eigenvalue weighted by Crippen LogP contribution is -2.23. The van der Waals surface area contributed by atoms with Gasteiger partial charge in [-0.05, 0) is 36.4 Å². The number of hydrogen-bond acceptors (Lipinski definition) is 5. The molecule has 2 aromatic rings. The van der Waals surface area contributed by atoms with Crippen molar-refractivity contribution in [1.82, 2.24) is 0 Å². The second kappa shape index (κ2) is 6.84. The summed E-state index contributed by atoms with van der Waals surface area (Å²) >= 11 is 5.71. The minimum atomic E-state index is -3.80. The third kappa shape index (κ3) is 5.11. The number of rotatable bonds is 6. The molecule has 0 aliphatic carbocycles. The van der Waals surface area contributed by atoms with E-state index in [-0.39, 0.29) is 11.5 Å². The SMILES string of the molecule is O=C(CS(=O)(=O)Cc1ccc(C(=O)O)o1)Nc1ccc(Cl)cc1. The van der Waals surface area contributed by atoms with E-state index in [1.807, 2.05) is 0 Å². The van der Waals surface area contributed by atoms with Crippen LogP contribution in [-0.2, 0) is 20.4 Å². The molecule has 0 spiro atoms. The highest BCUT2D eigenvalue weighted by molar-refractivity contribution is 7.91. The highest BCUT2D eigenvalue weighted by atomic mass is 35.5. The van der Waals surface area contributed by atoms with Crippen molar-refractivity contribution in [2.24, 2.45) is 0 Å². The van der Waals surface area contributed by atoms with Gasteiger partial charge in [0, 0.05) is 10.7 Å². The van der Waals surface area contributed by atoms with Crippen molar-refractivity contribution in [1.29, 1.82) is 0 Å². The van der Waals surface area contributed by atoms with E-state index < -0.39 is 33.2 Å². The fourth-order valence-electron chi connectivity index (χ4n) is 1.77. The molecule has 0 atom stereocenters. The maximum atomic E-state index is 11.9. The van der Waals surface area contributed by atoms with E-state index in [2.05, 4.69) is 5.32 Å². The van der Waals surface area contributed by atoms with Gasteiger partial charge >= 0.3 is 5.97 Å². The van der Waals surface area contributed by atoms with E-state index in [1.165, 1.54) is 6.07 Å². The molecule has 122 valence electrons. The molecular formula is C14H12ClNO6S. The summed E-state index contributed by atoms with van der Waals surface area (Å²) in [6, 6.07) is 8.60. The summed E-state index contributed by atoms with van der Waals surface area (Å²) in [5, 5.41) is 11.6. The first-order chi connectivity index (χ1) is 10.7. The van der Waals surface area contributed by atoms with Crippen LogP contribution in [0.4, 0.5) is 5.69 Å². The van der Waals surface area contributed by atoms with Gasteiger partial charge in [-0.2, -0.15) is 0 Å². The molecule has 0 saturated heterocycles. The molecule has 1 heterocycles. The summed E-state index contributed by atoms with van der Waals surface area (Å²) in [6.45, 7) is 0. The number of aromatic carboxylic acids is 1. The number of anilines is 1. The molecular weight excluding hydrogens is 346 g/mol. The highest BCUT2D eigenvalue weighted by Crippen LogP contribution is 2.15. The summed E-state index contributed by atoms with van der Waals surface area (Å²) in [7, 11) is -3.80. The van der Waals surface area contributed by atoms with Crippen molar-refractivity contribution in [3.8, 4) is 0 Å². The standard InChI is InChI=1S/C14H12ClNO6S/c15-9-1-3-10(4-2-9)16-13(17)8-23(20,21)7-11-5-6-12(22-11)14(18)19/h1-6H,7-8H2,(H,16,17)(H,18,19). The number of sulfone groups is 1. The second-order valence-electron chi connectivity index (χ2n) is 4.66. The number of benzene rings is 1. The normalized spacial score (nSPS) is 11.2. The Labute approximate surface area is 136 Å². The third-order valence-corrected chi connectivity index (χ3v) is 4.39. The molecule has 9 heteroatoms. The number of furan rings is 1. The monoisotopic (exact) mass is 357 g/mol. The smallest absolute Gasteiger partial charge is 0.371 e. The van der Waals surface area contributed by atoms with Gasteiger partial charge in [0.15, 0.2) is 9.84 Å². The first kappa shape index (κ1) is 17.0. The summed E-state index contributed by atoms with van der Waals surface area (Å²) in [5.74, 6) is -3.72. The fraction of sp³-hybridized carbons (Fsp3) is 0.143. The minimum absolute atomic E-state index is 0.0401. The van der Waals surface area contributed by atoms with E-state index in [9.17, 15) is 18.0 Å². The Balaban J connectivity index is 1.98. The Morgan fingerprint density at radius 3 is 2.35 bits per heavy atom. The largest absolute Gasteiger partial charge is 0.475 e. The Hall–Kier alpha value is -2.32. The van der Waals surface area contributed by atoms with Gasteiger partial charge in [-0.1, -0.05) is 11.6 Å². The van der Waals surface area contributed by atoms with Crippen molar-refractivity contribution >= 4 is 39.0 Å². The predicted octanol–water partition coefficient (Wildman–Crippen LogP) is 2.18. The maximum absolute atomic E-state index is 11.9. The van der Waals surface area contributed by atoms with Crippen LogP contribution >= 0.6 is 11.6 Å². The van der Waals surface area contributed by atoms with Gasteiger partial charge < -0.3 is 14.8 Å². The molecule has 1 amide bonds. The molecule has 1 aromatic carbocycles. The van der Waals surface area contributed by atoms with E-state index in [1.54, 1.807) is 24.3 Å². The third-order valence-electron chi connectivity index (χ3n) is 2.71. The van der Waals surface area contributed by atoms with Gasteiger partial charge in [0.1, 0.15) is 17.3 Å². The number of carbonyl (C=O) groups is 2. The summed E-state index contributed by atoms with van der Waals surface area (Å²) < 4.78 is 28.8. The lowest BCUT2D eigenvalue weighted by atomic mass is 10.3. The van der Waals surface area contributed by atoms with Gasteiger partial charge in [0.2, 0.25) is 11.7 Å². The summed E-state index contributed by atoms with van der Waals surface area (Å²) in [5.41, 5.74) is 0.417. The zero-order valence-electron chi connectivity index (χ0n) is 11.7. The Bertz CT molecular complexity index is 825. The van der Waals surface area contributed by atoms with Gasteiger partial charge in [-0.3, -0.25) is 4.79 Å². The zero-order valence-corrected chi connectivity index (χ0v) is 13.2. The van der Waals surface area contributed by atoms with Crippen LogP contribution in [-0.4, -0.2) is 31.2 Å². The molecule has 0 aliphatic rings. The van der Waals surface area contributed by atoms with Crippen LogP contribution in [0.25, 0.3) is 0 Å². The number of hydrogen-bond donors (Lipinski definition) is 2. The van der Waals surface area contributed by atoms with Crippen LogP contribution in [0.3, 0.4) is 0 Å². The summed E-state index contributed by atoms with van der Waals surface area (Å²) in [4.78, 5) is 22.4. The van der Waals surface area contributed by atoms with Crippen LogP contribution in [0.1, 0.15) is 16.3 Å². The minimum Gasteiger partial charge on any atom is -0.475 e. The van der Waals surface area contributed by atoms with Gasteiger partial charge in [-0.25, -0.2) is 13.2 Å². The number of carboxylic acids is 1. The highest BCUT2D eigenvalue weighted by Gasteiger charge is 2.20. The molecule has 0 bridgehead atoms. The fourth-order valence-corrected chi connectivity index (χ4v) is 3.06. The first-order valence-electron chi connectivity index (χ1n) is 6.33. The lowest BCUT2D eigenvalue weighted by Gasteiger charge is -2.05. The van der Waals surface area contributed by atoms with Gasteiger partial charge in [0.05, 0.1) is 0 Å². The lowest BCUT2D eigenvalue weighted by molar-refractivity contribution is -0.113. The maximum Gasteiger partial charge on any atom is 0.371 e. The van der Waals surface area contributed by atoms with Crippen LogP contribution < -0.4 is 5.32 Å². The summed E-state index contributed by atoms with van der Waals surface area (Å²) in [6.07, 6.45) is 0. The quantitative estimate of drug-likeness (QED) is 0.819. The molecule has 0 fully saturated rings. The molecule has 0 unspecified atom stereocenters. The van der Waals surface area contributed by atoms with E-state index >= 15 is 0 Å². The topological polar surface area (TPSA) is 114 Å². The molecule has 0 saturated carbocycles. The van der Waals surface area contributed by atoms with Crippen LogP contribution in [0.15, 0.2) is 40.8 Å². The zero-order chi connectivity index (χ0) is 17.0. The Morgan fingerprint density at radius 2 is 1.78 bits per heavy atom. The molecule has 23 heavy (non-hydrogen) atoms. The van der Waals surface area contributed by atoms with Crippen molar-refractivity contribution in [3.63, 3.8) is 0 Å². The van der Waals surface area contributed by atoms with E-state index in [0.29, 0.717) is 10.7 Å². The molecule has 2 N–H and O–H groups in total. The van der Waals surface area contributed by atoms with Crippen molar-refractivity contribution in [2.75, 3.05) is 11.1 Å². The molecule has 1 aromatic heterocycles. The van der Waals surface area contributed by atoms with Crippen LogP contribution in [0, 0.1) is 0 Å². The molecule has 0 aliphatic heterocycles. The number of carbonyl (C=O) groups excluding carboxylic acids is 1. The Morgan fingerprint density at radius 1 is 1.13 bits per heavy atom. The van der Waals surface area contributed by atoms with Crippen molar-refractivity contribution < 1.29 is 27.5 Å². The van der Waals surface area contributed by atoms with Crippen molar-refractivity contribution in [3.05, 3.63) is 52.9 Å². The number of carboxylic acid groups (broad SMARTS) is 1. The van der Waals surface area contributed by atoms with Gasteiger partial charge in [0.25, 0.3) is 0 Å². The van der Waals surface area contributed by atoms with Crippen LogP contribution in [0.2, 0.25) is 5.02 Å². The van der Waals surface area contributed by atoms with Gasteiger partial charge in [-0.15, -0.1) is 0 Å². The average molecular weight is 358 g/mol. The molecule has 7 nitrogen and oxygen atoms in total. The average Bonchev–Trinajstić information content (AvgIpc) is 2.88. The Kier molecular flexibility index (Phi) is 5.07. The molecule has 2 rings (SSSR count). The number of halogens is 1. The first-order valence-corrected chi connectivity index (χ1v) is 8.53. The molecule has 0 radical (unpaired) electrons. The van der Waals surface area contributed by atoms with Crippen molar-refractivity contribution in [2.45, 2.75) is 5.75 Å². The number of nitrogens with one attached hydrogen (secondary N) is 1. The van der Waals surface area contributed by atoms with E-state index in [0.717, 1.165) is 6.07 Å².